The molecule has 100 valence electrons. The first-order valence-electron chi connectivity index (χ1n) is 5.59. The maximum absolute atomic E-state index is 11.7. The van der Waals surface area contributed by atoms with Crippen LogP contribution in [0.4, 0.5) is 0 Å². The van der Waals surface area contributed by atoms with Crippen molar-refractivity contribution in [2.45, 2.75) is 17.7 Å². The van der Waals surface area contributed by atoms with E-state index in [1.54, 1.807) is 12.1 Å². The Labute approximate surface area is 112 Å². The summed E-state index contributed by atoms with van der Waals surface area (Å²) in [5, 5.41) is 2.72. The van der Waals surface area contributed by atoms with Crippen LogP contribution in [-0.2, 0) is 9.84 Å². The van der Waals surface area contributed by atoms with Crippen LogP contribution in [0, 0.1) is 0 Å². The van der Waals surface area contributed by atoms with Gasteiger partial charge in [-0.15, -0.1) is 11.6 Å². The minimum atomic E-state index is -3.29. The molecule has 1 aromatic rings. The first-order valence-corrected chi connectivity index (χ1v) is 8.02. The smallest absolute Gasteiger partial charge is 0.251 e. The molecule has 0 fully saturated rings. The number of unbranched alkanes of at least 4 members (excludes halogenated alkanes) is 1. The second kappa shape index (κ2) is 6.75. The number of carbonyl (C=O) groups excluding carboxylic acids is 1. The molecule has 0 spiro atoms. The second-order valence-corrected chi connectivity index (χ2v) is 6.35. The topological polar surface area (TPSA) is 63.2 Å². The molecule has 0 saturated carbocycles. The van der Waals surface area contributed by atoms with Gasteiger partial charge in [-0.3, -0.25) is 4.79 Å². The summed E-state index contributed by atoms with van der Waals surface area (Å²) in [4.78, 5) is 11.9. The van der Waals surface area contributed by atoms with Crippen LogP contribution >= 0.6 is 11.6 Å². The molecule has 1 amide bonds. The predicted octanol–water partition coefficient (Wildman–Crippen LogP) is 1.84. The van der Waals surface area contributed by atoms with Gasteiger partial charge in [-0.05, 0) is 31.0 Å². The molecular weight excluding hydrogens is 274 g/mol. The number of carbonyl (C=O) groups is 1. The van der Waals surface area contributed by atoms with E-state index in [2.05, 4.69) is 5.32 Å². The Kier molecular flexibility index (Phi) is 5.62. The summed E-state index contributed by atoms with van der Waals surface area (Å²) in [6.07, 6.45) is 2.76. The van der Waals surface area contributed by atoms with E-state index in [0.29, 0.717) is 18.0 Å². The molecule has 0 atom stereocenters. The fraction of sp³-hybridized carbons (Fsp3) is 0.417. The molecule has 18 heavy (non-hydrogen) atoms. The number of alkyl halides is 1. The Balaban J connectivity index is 2.69. The zero-order chi connectivity index (χ0) is 13.6. The molecule has 0 radical (unpaired) electrons. The number of sulfone groups is 1. The second-order valence-electron chi connectivity index (χ2n) is 3.95. The zero-order valence-corrected chi connectivity index (χ0v) is 11.7. The molecule has 0 aliphatic carbocycles. The Morgan fingerprint density at radius 2 is 2.06 bits per heavy atom. The van der Waals surface area contributed by atoms with Crippen molar-refractivity contribution in [3.8, 4) is 0 Å². The quantitative estimate of drug-likeness (QED) is 0.642. The predicted molar refractivity (Wildman–Crippen MR) is 71.8 cm³/mol. The molecule has 4 nitrogen and oxygen atoms in total. The molecule has 6 heteroatoms. The lowest BCUT2D eigenvalue weighted by atomic mass is 10.2. The molecular formula is C12H16ClNO3S. The summed E-state index contributed by atoms with van der Waals surface area (Å²) in [7, 11) is -3.29. The number of hydrogen-bond acceptors (Lipinski definition) is 3. The first kappa shape index (κ1) is 15.0. The maximum Gasteiger partial charge on any atom is 0.251 e. The van der Waals surface area contributed by atoms with Gasteiger partial charge in [-0.2, -0.15) is 0 Å². The number of hydrogen-bond donors (Lipinski definition) is 1. The van der Waals surface area contributed by atoms with Gasteiger partial charge >= 0.3 is 0 Å². The van der Waals surface area contributed by atoms with Crippen molar-refractivity contribution in [3.63, 3.8) is 0 Å². The lowest BCUT2D eigenvalue weighted by Crippen LogP contribution is -2.24. The third-order valence-corrected chi connectivity index (χ3v) is 3.75. The normalized spacial score (nSPS) is 11.2. The highest BCUT2D eigenvalue weighted by molar-refractivity contribution is 7.90. The highest BCUT2D eigenvalue weighted by Crippen LogP contribution is 2.11. The van der Waals surface area contributed by atoms with Crippen LogP contribution in [0.3, 0.4) is 0 Å². The molecule has 0 bridgehead atoms. The third-order valence-electron chi connectivity index (χ3n) is 2.37. The largest absolute Gasteiger partial charge is 0.352 e. The number of rotatable bonds is 6. The number of nitrogens with one attached hydrogen (secondary N) is 1. The van der Waals surface area contributed by atoms with E-state index in [9.17, 15) is 13.2 Å². The van der Waals surface area contributed by atoms with Gasteiger partial charge < -0.3 is 5.32 Å². The third kappa shape index (κ3) is 4.66. The summed E-state index contributed by atoms with van der Waals surface area (Å²) in [5.74, 6) is 0.300. The molecule has 0 unspecified atom stereocenters. The van der Waals surface area contributed by atoms with Gasteiger partial charge in [0.05, 0.1) is 4.90 Å². The fourth-order valence-corrected chi connectivity index (χ4v) is 2.25. The van der Waals surface area contributed by atoms with Crippen LogP contribution in [0.15, 0.2) is 29.2 Å². The molecule has 0 aliphatic rings. The number of benzene rings is 1. The van der Waals surface area contributed by atoms with Gasteiger partial charge in [-0.1, -0.05) is 6.07 Å². The van der Waals surface area contributed by atoms with Crippen LogP contribution in [-0.4, -0.2) is 33.0 Å². The van der Waals surface area contributed by atoms with Crippen molar-refractivity contribution >= 4 is 27.3 Å². The van der Waals surface area contributed by atoms with E-state index in [0.717, 1.165) is 19.1 Å². The molecule has 1 aromatic carbocycles. The summed E-state index contributed by atoms with van der Waals surface area (Å²) in [6.45, 7) is 0.536. The van der Waals surface area contributed by atoms with E-state index in [4.69, 9.17) is 11.6 Å². The molecule has 1 rings (SSSR count). The van der Waals surface area contributed by atoms with Gasteiger partial charge in [0.2, 0.25) is 0 Å². The van der Waals surface area contributed by atoms with Crippen LogP contribution in [0.2, 0.25) is 0 Å². The summed E-state index contributed by atoms with van der Waals surface area (Å²) in [6, 6.07) is 6.00. The molecule has 0 aromatic heterocycles. The van der Waals surface area contributed by atoms with Crippen LogP contribution in [0.1, 0.15) is 23.2 Å². The summed E-state index contributed by atoms with van der Waals surface area (Å²) >= 11 is 5.53. The molecule has 0 heterocycles. The highest BCUT2D eigenvalue weighted by atomic mass is 35.5. The standard InChI is InChI=1S/C12H16ClNO3S/c1-18(16,17)11-6-4-5-10(9-11)12(15)14-8-3-2-7-13/h4-6,9H,2-3,7-8H2,1H3,(H,14,15). The Morgan fingerprint density at radius 1 is 1.33 bits per heavy atom. The Morgan fingerprint density at radius 3 is 2.67 bits per heavy atom. The molecule has 0 aliphatic heterocycles. The van der Waals surface area contributed by atoms with Crippen molar-refractivity contribution in [2.24, 2.45) is 0 Å². The summed E-state index contributed by atoms with van der Waals surface area (Å²) < 4.78 is 22.7. The minimum Gasteiger partial charge on any atom is -0.352 e. The van der Waals surface area contributed by atoms with Gasteiger partial charge in [0.25, 0.3) is 5.91 Å². The van der Waals surface area contributed by atoms with E-state index in [-0.39, 0.29) is 10.8 Å². The van der Waals surface area contributed by atoms with E-state index in [1.807, 2.05) is 0 Å². The van der Waals surface area contributed by atoms with Crippen molar-refractivity contribution in [3.05, 3.63) is 29.8 Å². The average Bonchev–Trinajstić information content (AvgIpc) is 2.33. The molecule has 0 saturated heterocycles. The molecule has 1 N–H and O–H groups in total. The number of amides is 1. The lowest BCUT2D eigenvalue weighted by molar-refractivity contribution is 0.0953. The zero-order valence-electron chi connectivity index (χ0n) is 10.1. The van der Waals surface area contributed by atoms with Crippen LogP contribution in [0.5, 0.6) is 0 Å². The SMILES string of the molecule is CS(=O)(=O)c1cccc(C(=O)NCCCCCl)c1. The van der Waals surface area contributed by atoms with Gasteiger partial charge in [0.1, 0.15) is 0 Å². The van der Waals surface area contributed by atoms with E-state index >= 15 is 0 Å². The summed E-state index contributed by atoms with van der Waals surface area (Å²) in [5.41, 5.74) is 0.351. The Hall–Kier alpha value is -1.07. The Bertz CT molecular complexity index is 514. The van der Waals surface area contributed by atoms with Gasteiger partial charge in [0, 0.05) is 24.2 Å². The van der Waals surface area contributed by atoms with Crippen LogP contribution < -0.4 is 5.32 Å². The monoisotopic (exact) mass is 289 g/mol. The van der Waals surface area contributed by atoms with E-state index < -0.39 is 9.84 Å². The highest BCUT2D eigenvalue weighted by Gasteiger charge is 2.10. The minimum absolute atomic E-state index is 0.149. The van der Waals surface area contributed by atoms with Crippen molar-refractivity contribution < 1.29 is 13.2 Å². The van der Waals surface area contributed by atoms with Gasteiger partial charge in [-0.25, -0.2) is 8.42 Å². The van der Waals surface area contributed by atoms with Crippen molar-refractivity contribution in [1.82, 2.24) is 5.32 Å². The van der Waals surface area contributed by atoms with Crippen molar-refractivity contribution in [1.29, 1.82) is 0 Å². The number of halogens is 1. The van der Waals surface area contributed by atoms with Gasteiger partial charge in [0.15, 0.2) is 9.84 Å². The maximum atomic E-state index is 11.7. The first-order chi connectivity index (χ1) is 8.45. The average molecular weight is 290 g/mol. The van der Waals surface area contributed by atoms with Crippen LogP contribution in [0.25, 0.3) is 0 Å². The van der Waals surface area contributed by atoms with E-state index in [1.165, 1.54) is 12.1 Å². The lowest BCUT2D eigenvalue weighted by Gasteiger charge is -2.05. The van der Waals surface area contributed by atoms with Crippen molar-refractivity contribution in [2.75, 3.05) is 18.7 Å². The fourth-order valence-electron chi connectivity index (χ4n) is 1.39.